The molecular weight excluding hydrogens is 260 g/mol. The average Bonchev–Trinajstić information content (AvgIpc) is 3.05. The van der Waals surface area contributed by atoms with Gasteiger partial charge >= 0.3 is 0 Å². The van der Waals surface area contributed by atoms with Crippen molar-refractivity contribution in [1.82, 2.24) is 14.8 Å². The Kier molecular flexibility index (Phi) is 5.09. The van der Waals surface area contributed by atoms with Crippen LogP contribution in [-0.2, 0) is 6.54 Å². The summed E-state index contributed by atoms with van der Waals surface area (Å²) in [5.74, 6) is 1.05. The maximum Gasteiger partial charge on any atom is 0.130 e. The Morgan fingerprint density at radius 1 is 1.19 bits per heavy atom. The van der Waals surface area contributed by atoms with E-state index in [2.05, 4.69) is 33.1 Å². The van der Waals surface area contributed by atoms with E-state index >= 15 is 0 Å². The third-order valence-corrected chi connectivity index (χ3v) is 4.88. The highest BCUT2D eigenvalue weighted by atomic mass is 15.3. The number of rotatable bonds is 5. The van der Waals surface area contributed by atoms with Crippen molar-refractivity contribution in [3.05, 3.63) is 23.9 Å². The molecular formula is C17H28N4. The lowest BCUT2D eigenvalue weighted by Gasteiger charge is -2.38. The lowest BCUT2D eigenvalue weighted by molar-refractivity contribution is 0.0937. The monoisotopic (exact) mass is 288 g/mol. The van der Waals surface area contributed by atoms with Crippen LogP contribution in [0.3, 0.4) is 0 Å². The summed E-state index contributed by atoms with van der Waals surface area (Å²) in [4.78, 5) is 9.76. The Balaban J connectivity index is 1.53. The SMILES string of the molecule is CCNc1ncccc1CN1CCN(C2CCCC2)CC1. The van der Waals surface area contributed by atoms with E-state index < -0.39 is 0 Å². The fourth-order valence-electron chi connectivity index (χ4n) is 3.69. The van der Waals surface area contributed by atoms with Gasteiger partial charge in [-0.25, -0.2) is 4.98 Å². The highest BCUT2D eigenvalue weighted by molar-refractivity contribution is 5.43. The van der Waals surface area contributed by atoms with Crippen molar-refractivity contribution in [2.24, 2.45) is 0 Å². The summed E-state index contributed by atoms with van der Waals surface area (Å²) in [6, 6.07) is 5.13. The molecule has 1 N–H and O–H groups in total. The molecule has 0 radical (unpaired) electrons. The van der Waals surface area contributed by atoms with E-state index in [9.17, 15) is 0 Å². The minimum atomic E-state index is 0.878. The smallest absolute Gasteiger partial charge is 0.130 e. The van der Waals surface area contributed by atoms with Crippen molar-refractivity contribution in [1.29, 1.82) is 0 Å². The lowest BCUT2D eigenvalue weighted by Crippen LogP contribution is -2.49. The molecule has 0 bridgehead atoms. The molecule has 4 nitrogen and oxygen atoms in total. The summed E-state index contributed by atoms with van der Waals surface area (Å²) in [6.45, 7) is 8.93. The minimum Gasteiger partial charge on any atom is -0.370 e. The zero-order chi connectivity index (χ0) is 14.5. The van der Waals surface area contributed by atoms with Gasteiger partial charge in [-0.05, 0) is 25.8 Å². The van der Waals surface area contributed by atoms with E-state index in [0.29, 0.717) is 0 Å². The van der Waals surface area contributed by atoms with Crippen molar-refractivity contribution in [2.75, 3.05) is 38.0 Å². The summed E-state index contributed by atoms with van der Waals surface area (Å²) in [6.07, 6.45) is 7.60. The molecule has 2 heterocycles. The second kappa shape index (κ2) is 7.23. The van der Waals surface area contributed by atoms with Crippen LogP contribution in [-0.4, -0.2) is 53.5 Å². The number of hydrogen-bond donors (Lipinski definition) is 1. The third kappa shape index (κ3) is 3.74. The van der Waals surface area contributed by atoms with Crippen molar-refractivity contribution >= 4 is 5.82 Å². The van der Waals surface area contributed by atoms with Gasteiger partial charge in [0.1, 0.15) is 5.82 Å². The molecule has 1 aromatic heterocycles. The molecule has 0 spiro atoms. The lowest BCUT2D eigenvalue weighted by atomic mass is 10.1. The van der Waals surface area contributed by atoms with Crippen LogP contribution < -0.4 is 5.32 Å². The minimum absolute atomic E-state index is 0.878. The molecule has 3 rings (SSSR count). The molecule has 0 atom stereocenters. The number of nitrogens with one attached hydrogen (secondary N) is 1. The second-order valence-electron chi connectivity index (χ2n) is 6.29. The van der Waals surface area contributed by atoms with Gasteiger partial charge in [0.25, 0.3) is 0 Å². The van der Waals surface area contributed by atoms with Gasteiger partial charge in [0.05, 0.1) is 0 Å². The van der Waals surface area contributed by atoms with Gasteiger partial charge in [-0.2, -0.15) is 0 Å². The first-order valence-corrected chi connectivity index (χ1v) is 8.51. The van der Waals surface area contributed by atoms with Gasteiger partial charge in [0.15, 0.2) is 0 Å². The van der Waals surface area contributed by atoms with E-state index in [4.69, 9.17) is 0 Å². The molecule has 1 aromatic rings. The number of aromatic nitrogens is 1. The molecule has 116 valence electrons. The molecule has 21 heavy (non-hydrogen) atoms. The Labute approximate surface area is 128 Å². The zero-order valence-corrected chi connectivity index (χ0v) is 13.2. The summed E-state index contributed by atoms with van der Waals surface area (Å²) in [7, 11) is 0. The topological polar surface area (TPSA) is 31.4 Å². The van der Waals surface area contributed by atoms with E-state index in [0.717, 1.165) is 24.9 Å². The molecule has 0 aromatic carbocycles. The summed E-state index contributed by atoms with van der Waals surface area (Å²) >= 11 is 0. The maximum absolute atomic E-state index is 4.46. The van der Waals surface area contributed by atoms with Crippen LogP contribution in [0.5, 0.6) is 0 Å². The number of hydrogen-bond acceptors (Lipinski definition) is 4. The number of nitrogens with zero attached hydrogens (tertiary/aromatic N) is 3. The number of pyridine rings is 1. The van der Waals surface area contributed by atoms with Gasteiger partial charge in [-0.15, -0.1) is 0 Å². The summed E-state index contributed by atoms with van der Waals surface area (Å²) in [5.41, 5.74) is 1.33. The van der Waals surface area contributed by atoms with Crippen LogP contribution in [0.2, 0.25) is 0 Å². The molecule has 4 heteroatoms. The molecule has 1 saturated heterocycles. The van der Waals surface area contributed by atoms with Crippen molar-refractivity contribution in [3.8, 4) is 0 Å². The van der Waals surface area contributed by atoms with E-state index in [1.807, 2.05) is 12.3 Å². The molecule has 0 unspecified atom stereocenters. The van der Waals surface area contributed by atoms with E-state index in [-0.39, 0.29) is 0 Å². The van der Waals surface area contributed by atoms with Crippen molar-refractivity contribution in [2.45, 2.75) is 45.2 Å². The number of piperazine rings is 1. The van der Waals surface area contributed by atoms with E-state index in [1.54, 1.807) is 0 Å². The molecule has 2 fully saturated rings. The first-order chi connectivity index (χ1) is 10.4. The Morgan fingerprint density at radius 2 is 1.95 bits per heavy atom. The predicted molar refractivity (Wildman–Crippen MR) is 87.5 cm³/mol. The fraction of sp³-hybridized carbons (Fsp3) is 0.706. The molecule has 2 aliphatic rings. The first kappa shape index (κ1) is 14.8. The fourth-order valence-corrected chi connectivity index (χ4v) is 3.69. The van der Waals surface area contributed by atoms with Crippen LogP contribution in [0.4, 0.5) is 5.82 Å². The first-order valence-electron chi connectivity index (χ1n) is 8.51. The van der Waals surface area contributed by atoms with Gasteiger partial charge in [-0.3, -0.25) is 9.80 Å². The van der Waals surface area contributed by atoms with Gasteiger partial charge in [0, 0.05) is 57.1 Å². The number of anilines is 1. The summed E-state index contributed by atoms with van der Waals surface area (Å²) in [5, 5.41) is 3.37. The summed E-state index contributed by atoms with van der Waals surface area (Å²) < 4.78 is 0. The van der Waals surface area contributed by atoms with Crippen molar-refractivity contribution in [3.63, 3.8) is 0 Å². The Bertz CT molecular complexity index is 434. The quantitative estimate of drug-likeness (QED) is 0.902. The maximum atomic E-state index is 4.46. The van der Waals surface area contributed by atoms with Crippen LogP contribution >= 0.6 is 0 Å². The molecule has 1 aliphatic carbocycles. The van der Waals surface area contributed by atoms with Crippen molar-refractivity contribution < 1.29 is 0 Å². The van der Waals surface area contributed by atoms with Crippen LogP contribution in [0.25, 0.3) is 0 Å². The normalized spacial score (nSPS) is 21.8. The average molecular weight is 288 g/mol. The van der Waals surface area contributed by atoms with Gasteiger partial charge < -0.3 is 5.32 Å². The largest absolute Gasteiger partial charge is 0.370 e. The highest BCUT2D eigenvalue weighted by Crippen LogP contribution is 2.25. The van der Waals surface area contributed by atoms with Crippen LogP contribution in [0, 0.1) is 0 Å². The third-order valence-electron chi connectivity index (χ3n) is 4.88. The van der Waals surface area contributed by atoms with Gasteiger partial charge in [-0.1, -0.05) is 18.9 Å². The zero-order valence-electron chi connectivity index (χ0n) is 13.2. The highest BCUT2D eigenvalue weighted by Gasteiger charge is 2.26. The molecule has 1 aliphatic heterocycles. The van der Waals surface area contributed by atoms with Gasteiger partial charge in [0.2, 0.25) is 0 Å². The molecule has 0 amide bonds. The van der Waals surface area contributed by atoms with E-state index in [1.165, 1.54) is 57.4 Å². The van der Waals surface area contributed by atoms with Crippen LogP contribution in [0.1, 0.15) is 38.2 Å². The van der Waals surface area contributed by atoms with Crippen LogP contribution in [0.15, 0.2) is 18.3 Å². The molecule has 1 saturated carbocycles. The Morgan fingerprint density at radius 3 is 2.67 bits per heavy atom. The standard InChI is InChI=1S/C17H28N4/c1-2-18-17-15(6-5-9-19-17)14-20-10-12-21(13-11-20)16-7-3-4-8-16/h5-6,9,16H,2-4,7-8,10-14H2,1H3,(H,18,19). The Hall–Kier alpha value is -1.13. The predicted octanol–water partition coefficient (Wildman–Crippen LogP) is 2.57. The second-order valence-corrected chi connectivity index (χ2v) is 6.29.